The Balaban J connectivity index is 1.50. The zero-order valence-electron chi connectivity index (χ0n) is 22.6. The molecule has 0 bridgehead atoms. The lowest BCUT2D eigenvalue weighted by Gasteiger charge is -2.37. The Morgan fingerprint density at radius 3 is 2.43 bits per heavy atom. The number of alkyl halides is 3. The number of nitrogens with one attached hydrogen (secondary N) is 1. The van der Waals surface area contributed by atoms with Crippen LogP contribution in [0.2, 0.25) is 0 Å². The first-order valence-electron chi connectivity index (χ1n) is 13.3. The van der Waals surface area contributed by atoms with Crippen LogP contribution in [0, 0.1) is 0 Å². The van der Waals surface area contributed by atoms with Crippen molar-refractivity contribution in [2.45, 2.75) is 32.0 Å². The van der Waals surface area contributed by atoms with Gasteiger partial charge < -0.3 is 15.0 Å². The Labute approximate surface area is 245 Å². The van der Waals surface area contributed by atoms with Gasteiger partial charge >= 0.3 is 12.1 Å². The van der Waals surface area contributed by atoms with E-state index in [1.54, 1.807) is 35.6 Å². The quantitative estimate of drug-likeness (QED) is 0.301. The molecule has 2 aliphatic rings. The van der Waals surface area contributed by atoms with Crippen molar-refractivity contribution in [2.75, 3.05) is 13.2 Å². The average molecular weight is 593 g/mol. The molecule has 0 fully saturated rings. The Kier molecular flexibility index (Phi) is 8.77. The van der Waals surface area contributed by atoms with Crippen molar-refractivity contribution in [1.29, 1.82) is 0 Å². The highest BCUT2D eigenvalue weighted by Crippen LogP contribution is 2.47. The topological polar surface area (TPSA) is 83.9 Å². The molecular formula is C31H27F3N4O3S. The fourth-order valence-electron chi connectivity index (χ4n) is 4.76. The summed E-state index contributed by atoms with van der Waals surface area (Å²) in [5.74, 6) is -0.888. The number of esters is 1. The summed E-state index contributed by atoms with van der Waals surface area (Å²) in [7, 11) is 0. The minimum atomic E-state index is -4.52. The van der Waals surface area contributed by atoms with Crippen molar-refractivity contribution in [1.82, 2.24) is 15.2 Å². The maximum atomic E-state index is 13.5. The van der Waals surface area contributed by atoms with Crippen LogP contribution in [0.25, 0.3) is 5.70 Å². The van der Waals surface area contributed by atoms with Gasteiger partial charge in [-0.15, -0.1) is 0 Å². The Bertz CT molecular complexity index is 1540. The smallest absolute Gasteiger partial charge is 0.416 e. The van der Waals surface area contributed by atoms with E-state index in [9.17, 15) is 22.8 Å². The van der Waals surface area contributed by atoms with Crippen LogP contribution in [0.3, 0.4) is 0 Å². The van der Waals surface area contributed by atoms with Gasteiger partial charge in [-0.25, -0.2) is 9.79 Å². The monoisotopic (exact) mass is 592 g/mol. The third kappa shape index (κ3) is 6.41. The lowest BCUT2D eigenvalue weighted by Crippen LogP contribution is -2.38. The molecule has 2 aliphatic heterocycles. The highest BCUT2D eigenvalue weighted by Gasteiger charge is 2.42. The number of fused-ring (bicyclic) bond motifs is 1. The van der Waals surface area contributed by atoms with Gasteiger partial charge in [0.25, 0.3) is 0 Å². The number of hydrogen-bond donors (Lipinski definition) is 1. The van der Waals surface area contributed by atoms with Gasteiger partial charge in [0.15, 0.2) is 5.17 Å². The Morgan fingerprint density at radius 2 is 1.76 bits per heavy atom. The number of benzene rings is 2. The summed E-state index contributed by atoms with van der Waals surface area (Å²) in [5.41, 5.74) is 2.23. The first kappa shape index (κ1) is 29.1. The van der Waals surface area contributed by atoms with Gasteiger partial charge in [0, 0.05) is 36.1 Å². The average Bonchev–Trinajstić information content (AvgIpc) is 3.39. The lowest BCUT2D eigenvalue weighted by atomic mass is 9.91. The van der Waals surface area contributed by atoms with E-state index in [0.29, 0.717) is 40.7 Å². The SMILES string of the molecule is CCOC(=O)C1=C(c2ccccc2)N=C2SC=C(CC(=O)NCCc3ccccn3)N2C1c1ccc(C(F)(F)F)cc1. The fourth-order valence-corrected chi connectivity index (χ4v) is 5.68. The zero-order chi connectivity index (χ0) is 29.7. The normalized spacial score (nSPS) is 16.5. The maximum Gasteiger partial charge on any atom is 0.416 e. The van der Waals surface area contributed by atoms with Gasteiger partial charge in [0.05, 0.1) is 35.9 Å². The van der Waals surface area contributed by atoms with Crippen LogP contribution in [-0.4, -0.2) is 40.1 Å². The molecule has 0 aliphatic carbocycles. The van der Waals surface area contributed by atoms with Gasteiger partial charge in [-0.2, -0.15) is 13.2 Å². The van der Waals surface area contributed by atoms with Crippen molar-refractivity contribution in [3.05, 3.63) is 118 Å². The summed E-state index contributed by atoms with van der Waals surface area (Å²) in [5, 5.41) is 5.18. The molecule has 42 heavy (non-hydrogen) atoms. The number of aromatic nitrogens is 1. The van der Waals surface area contributed by atoms with E-state index in [1.165, 1.54) is 23.9 Å². The van der Waals surface area contributed by atoms with Gasteiger partial charge in [-0.3, -0.25) is 9.78 Å². The number of rotatable bonds is 9. The summed E-state index contributed by atoms with van der Waals surface area (Å²) >= 11 is 1.29. The van der Waals surface area contributed by atoms with E-state index in [-0.39, 0.29) is 24.5 Å². The van der Waals surface area contributed by atoms with E-state index in [2.05, 4.69) is 10.3 Å². The number of carbonyl (C=O) groups excluding carboxylic acids is 2. The number of amides is 1. The van der Waals surface area contributed by atoms with Gasteiger partial charge in [0.2, 0.25) is 5.91 Å². The van der Waals surface area contributed by atoms with Crippen molar-refractivity contribution in [2.24, 2.45) is 4.99 Å². The van der Waals surface area contributed by atoms with Crippen LogP contribution < -0.4 is 5.32 Å². The van der Waals surface area contributed by atoms with E-state index < -0.39 is 23.8 Å². The number of thioether (sulfide) groups is 1. The van der Waals surface area contributed by atoms with Crippen molar-refractivity contribution < 1.29 is 27.5 Å². The highest BCUT2D eigenvalue weighted by atomic mass is 32.2. The van der Waals surface area contributed by atoms with E-state index >= 15 is 0 Å². The molecule has 0 spiro atoms. The van der Waals surface area contributed by atoms with Gasteiger partial charge in [-0.05, 0) is 42.2 Å². The van der Waals surface area contributed by atoms with Crippen molar-refractivity contribution in [3.63, 3.8) is 0 Å². The van der Waals surface area contributed by atoms with E-state index in [0.717, 1.165) is 17.8 Å². The van der Waals surface area contributed by atoms with Crippen LogP contribution in [0.5, 0.6) is 0 Å². The minimum Gasteiger partial charge on any atom is -0.463 e. The second-order valence-corrected chi connectivity index (χ2v) is 10.3. The number of aliphatic imine (C=N–C) groups is 1. The third-order valence-electron chi connectivity index (χ3n) is 6.68. The molecule has 11 heteroatoms. The molecule has 1 unspecified atom stereocenters. The summed E-state index contributed by atoms with van der Waals surface area (Å²) in [6.45, 7) is 2.15. The number of pyridine rings is 1. The third-order valence-corrected chi connectivity index (χ3v) is 7.57. The van der Waals surface area contributed by atoms with Crippen LogP contribution in [0.1, 0.15) is 41.8 Å². The van der Waals surface area contributed by atoms with E-state index in [4.69, 9.17) is 9.73 Å². The largest absolute Gasteiger partial charge is 0.463 e. The summed E-state index contributed by atoms with van der Waals surface area (Å²) in [6, 6.07) is 18.4. The Morgan fingerprint density at radius 1 is 1.02 bits per heavy atom. The minimum absolute atomic E-state index is 0.0256. The lowest BCUT2D eigenvalue weighted by molar-refractivity contribution is -0.139. The molecule has 0 radical (unpaired) electrons. The molecule has 3 heterocycles. The van der Waals surface area contributed by atoms with Gasteiger partial charge in [-0.1, -0.05) is 60.3 Å². The molecule has 1 atom stereocenters. The van der Waals surface area contributed by atoms with Crippen LogP contribution in [-0.2, 0) is 26.9 Å². The summed E-state index contributed by atoms with van der Waals surface area (Å²) < 4.78 is 45.7. The molecule has 1 amide bonds. The number of carbonyl (C=O) groups is 2. The number of hydrogen-bond acceptors (Lipinski definition) is 7. The first-order valence-corrected chi connectivity index (χ1v) is 14.2. The fraction of sp³-hybridized carbons (Fsp3) is 0.226. The molecule has 5 rings (SSSR count). The number of halogens is 3. The van der Waals surface area contributed by atoms with Crippen LogP contribution in [0.15, 0.2) is 101 Å². The first-order chi connectivity index (χ1) is 20.3. The molecule has 0 saturated heterocycles. The number of ether oxygens (including phenoxy) is 1. The molecule has 1 N–H and O–H groups in total. The second-order valence-electron chi connectivity index (χ2n) is 9.46. The molecule has 216 valence electrons. The van der Waals surface area contributed by atoms with Crippen molar-refractivity contribution in [3.8, 4) is 0 Å². The molecule has 0 saturated carbocycles. The zero-order valence-corrected chi connectivity index (χ0v) is 23.4. The number of nitrogens with zero attached hydrogens (tertiary/aromatic N) is 3. The highest BCUT2D eigenvalue weighted by molar-refractivity contribution is 8.16. The predicted octanol–water partition coefficient (Wildman–Crippen LogP) is 6.12. The molecular weight excluding hydrogens is 565 g/mol. The van der Waals surface area contributed by atoms with E-state index in [1.807, 2.05) is 36.4 Å². The van der Waals surface area contributed by atoms with Gasteiger partial charge in [0.1, 0.15) is 0 Å². The predicted molar refractivity (Wildman–Crippen MR) is 155 cm³/mol. The van der Waals surface area contributed by atoms with Crippen LogP contribution >= 0.6 is 11.8 Å². The molecule has 3 aromatic rings. The summed E-state index contributed by atoms with van der Waals surface area (Å²) in [4.78, 5) is 37.3. The standard InChI is InChI=1S/C31H27F3N4O3S/c1-2-41-29(40)26-27(20-8-4-3-5-9-20)37-30-38(28(26)21-11-13-22(14-12-21)31(32,33)34)24(19-42-30)18-25(39)36-17-15-23-10-6-7-16-35-23/h3-14,16,19,28H,2,15,17-18H2,1H3,(H,36,39). The van der Waals surface area contributed by atoms with Crippen LogP contribution in [0.4, 0.5) is 13.2 Å². The Hall–Kier alpha value is -4.38. The maximum absolute atomic E-state index is 13.5. The molecule has 1 aromatic heterocycles. The number of amidine groups is 1. The molecule has 2 aromatic carbocycles. The van der Waals surface area contributed by atoms with Crippen molar-refractivity contribution >= 4 is 34.5 Å². The summed E-state index contributed by atoms with van der Waals surface area (Å²) in [6.07, 6.45) is -2.30. The second kappa shape index (κ2) is 12.6. The molecule has 7 nitrogen and oxygen atoms in total.